The quantitative estimate of drug-likeness (QED) is 0.382. The van der Waals surface area contributed by atoms with Crippen molar-refractivity contribution in [2.45, 2.75) is 16.3 Å². The molecule has 0 atom stereocenters. The Kier molecular flexibility index (Phi) is 3.68. The molecule has 0 radical (unpaired) electrons. The molecule has 0 amide bonds. The van der Waals surface area contributed by atoms with Crippen LogP contribution < -0.4 is 11.1 Å². The van der Waals surface area contributed by atoms with Crippen molar-refractivity contribution in [3.63, 3.8) is 0 Å². The molecule has 0 spiro atoms. The van der Waals surface area contributed by atoms with Gasteiger partial charge < -0.3 is 16.2 Å². The lowest BCUT2D eigenvalue weighted by molar-refractivity contribution is 0.291. The van der Waals surface area contributed by atoms with E-state index in [1.54, 1.807) is 18.0 Å². The highest BCUT2D eigenvalue weighted by Crippen LogP contribution is 2.49. The van der Waals surface area contributed by atoms with Gasteiger partial charge in [-0.3, -0.25) is 9.67 Å². The Bertz CT molecular complexity index is 876. The van der Waals surface area contributed by atoms with Gasteiger partial charge in [0, 0.05) is 51.9 Å². The molecule has 6 nitrogen and oxygen atoms in total. The number of fused-ring (bicyclic) bond motifs is 2. The maximum atomic E-state index is 8.85. The second kappa shape index (κ2) is 5.84. The van der Waals surface area contributed by atoms with Gasteiger partial charge >= 0.3 is 0 Å². The lowest BCUT2D eigenvalue weighted by Crippen LogP contribution is -2.23. The first kappa shape index (κ1) is 14.5. The molecule has 7 heteroatoms. The van der Waals surface area contributed by atoms with E-state index in [1.165, 1.54) is 0 Å². The number of hydrogen-bond donors (Lipinski definition) is 3. The topological polar surface area (TPSA) is 89.0 Å². The molecule has 0 saturated carbocycles. The molecular formula is C16H17N5OS. The van der Waals surface area contributed by atoms with Crippen LogP contribution in [0.3, 0.4) is 0 Å². The van der Waals surface area contributed by atoms with Crippen LogP contribution in [0.2, 0.25) is 0 Å². The number of pyridine rings is 1. The zero-order chi connectivity index (χ0) is 15.8. The van der Waals surface area contributed by atoms with Crippen LogP contribution in [0.4, 0.5) is 5.69 Å². The van der Waals surface area contributed by atoms with Gasteiger partial charge in [0.25, 0.3) is 0 Å². The summed E-state index contributed by atoms with van der Waals surface area (Å²) >= 11 is 1.68. The van der Waals surface area contributed by atoms with Gasteiger partial charge in [-0.2, -0.15) is 5.10 Å². The summed E-state index contributed by atoms with van der Waals surface area (Å²) in [5.41, 5.74) is 10.1. The summed E-state index contributed by atoms with van der Waals surface area (Å²) < 4.78 is 2.00. The Morgan fingerprint density at radius 1 is 1.26 bits per heavy atom. The van der Waals surface area contributed by atoms with Gasteiger partial charge in [-0.1, -0.05) is 11.8 Å². The van der Waals surface area contributed by atoms with Crippen LogP contribution in [0.5, 0.6) is 0 Å². The van der Waals surface area contributed by atoms with Crippen LogP contribution in [0.15, 0.2) is 40.4 Å². The van der Waals surface area contributed by atoms with E-state index in [4.69, 9.17) is 15.9 Å². The average molecular weight is 327 g/mol. The van der Waals surface area contributed by atoms with Gasteiger partial charge in [0.15, 0.2) is 0 Å². The van der Waals surface area contributed by atoms with Crippen LogP contribution in [-0.4, -0.2) is 39.6 Å². The molecule has 0 fully saturated rings. The molecule has 0 bridgehead atoms. The average Bonchev–Trinajstić information content (AvgIpc) is 2.95. The van der Waals surface area contributed by atoms with Crippen LogP contribution in [0.1, 0.15) is 0 Å². The van der Waals surface area contributed by atoms with Crippen molar-refractivity contribution < 1.29 is 5.11 Å². The summed E-state index contributed by atoms with van der Waals surface area (Å²) in [6, 6.07) is 5.97. The lowest BCUT2D eigenvalue weighted by atomic mass is 10.1. The minimum Gasteiger partial charge on any atom is -0.398 e. The molecule has 4 N–H and O–H groups in total. The molecule has 3 aromatic rings. The van der Waals surface area contributed by atoms with Crippen molar-refractivity contribution in [3.8, 4) is 11.3 Å². The number of nitrogens with two attached hydrogens (primary N) is 1. The van der Waals surface area contributed by atoms with Crippen molar-refractivity contribution in [3.05, 3.63) is 30.6 Å². The Labute approximate surface area is 137 Å². The third-order valence-corrected chi connectivity index (χ3v) is 5.16. The second-order valence-electron chi connectivity index (χ2n) is 5.40. The van der Waals surface area contributed by atoms with Crippen molar-refractivity contribution >= 4 is 28.4 Å². The first-order valence-electron chi connectivity index (χ1n) is 7.52. The van der Waals surface area contributed by atoms with E-state index in [2.05, 4.69) is 10.3 Å². The van der Waals surface area contributed by atoms with E-state index in [1.807, 2.05) is 29.1 Å². The van der Waals surface area contributed by atoms with Crippen LogP contribution in [0, 0.1) is 0 Å². The van der Waals surface area contributed by atoms with Gasteiger partial charge in [0.2, 0.25) is 0 Å². The smallest absolute Gasteiger partial charge is 0.104 e. The predicted molar refractivity (Wildman–Crippen MR) is 91.5 cm³/mol. The lowest BCUT2D eigenvalue weighted by Gasteiger charge is -2.15. The number of nitrogens with one attached hydrogen (secondary N) is 1. The molecule has 23 heavy (non-hydrogen) atoms. The predicted octanol–water partition coefficient (Wildman–Crippen LogP) is 1.73. The zero-order valence-corrected chi connectivity index (χ0v) is 13.3. The number of rotatable bonds is 5. The Balaban J connectivity index is 1.83. The van der Waals surface area contributed by atoms with Crippen molar-refractivity contribution in [1.29, 1.82) is 0 Å². The van der Waals surface area contributed by atoms with Crippen molar-refractivity contribution in [1.82, 2.24) is 20.1 Å². The number of aliphatic hydroxyl groups is 1. The standard InChI is InChI=1S/C16H17N5OS/c17-11-1-2-12-14-15(20-21(12)7-5-18-6-8-22)10-9-19-4-3-13(10)23-16(11)14/h1-4,9,18,22H,5-8,17H2. The second-order valence-corrected chi connectivity index (χ2v) is 6.45. The molecule has 0 saturated heterocycles. The summed E-state index contributed by atoms with van der Waals surface area (Å²) in [4.78, 5) is 6.45. The molecule has 1 aromatic carbocycles. The maximum absolute atomic E-state index is 8.85. The van der Waals surface area contributed by atoms with Crippen molar-refractivity contribution in [2.24, 2.45) is 0 Å². The Morgan fingerprint density at radius 2 is 2.17 bits per heavy atom. The molecule has 4 rings (SSSR count). The Morgan fingerprint density at radius 3 is 3.04 bits per heavy atom. The van der Waals surface area contributed by atoms with Gasteiger partial charge in [0.05, 0.1) is 18.7 Å². The SMILES string of the molecule is Nc1ccc2c3c(nn2CCNCCO)-c2cnccc2Sc13. The fourth-order valence-corrected chi connectivity index (χ4v) is 3.97. The number of aromatic nitrogens is 3. The number of aliphatic hydroxyl groups excluding tert-OH is 1. The van der Waals surface area contributed by atoms with Crippen LogP contribution in [-0.2, 0) is 6.54 Å². The highest BCUT2D eigenvalue weighted by atomic mass is 32.2. The van der Waals surface area contributed by atoms with Gasteiger partial charge in [-0.15, -0.1) is 0 Å². The van der Waals surface area contributed by atoms with E-state index in [0.717, 1.165) is 50.7 Å². The van der Waals surface area contributed by atoms with Crippen LogP contribution in [0.25, 0.3) is 22.2 Å². The van der Waals surface area contributed by atoms with Crippen LogP contribution >= 0.6 is 11.8 Å². The summed E-state index contributed by atoms with van der Waals surface area (Å²) in [5.74, 6) is 0. The molecule has 3 heterocycles. The van der Waals surface area contributed by atoms with E-state index in [-0.39, 0.29) is 6.61 Å². The summed E-state index contributed by atoms with van der Waals surface area (Å²) in [5, 5.41) is 18.0. The minimum atomic E-state index is 0.140. The molecule has 118 valence electrons. The molecule has 2 aromatic heterocycles. The molecule has 0 aliphatic carbocycles. The number of nitrogens with zero attached hydrogens (tertiary/aromatic N) is 3. The van der Waals surface area contributed by atoms with Gasteiger partial charge in [-0.05, 0) is 18.2 Å². The van der Waals surface area contributed by atoms with Crippen molar-refractivity contribution in [2.75, 3.05) is 25.4 Å². The van der Waals surface area contributed by atoms with E-state index in [9.17, 15) is 0 Å². The third-order valence-electron chi connectivity index (χ3n) is 3.94. The number of benzene rings is 1. The number of hydrogen-bond acceptors (Lipinski definition) is 6. The number of anilines is 1. The largest absolute Gasteiger partial charge is 0.398 e. The first-order valence-corrected chi connectivity index (χ1v) is 8.34. The van der Waals surface area contributed by atoms with Gasteiger partial charge in [-0.25, -0.2) is 0 Å². The fraction of sp³-hybridized carbons (Fsp3) is 0.250. The highest BCUT2D eigenvalue weighted by Gasteiger charge is 2.25. The molecule has 1 aliphatic heterocycles. The molecular weight excluding hydrogens is 310 g/mol. The van der Waals surface area contributed by atoms with E-state index in [0.29, 0.717) is 6.54 Å². The van der Waals surface area contributed by atoms with E-state index < -0.39 is 0 Å². The third kappa shape index (κ3) is 2.37. The van der Waals surface area contributed by atoms with Gasteiger partial charge in [0.1, 0.15) is 5.69 Å². The monoisotopic (exact) mass is 327 g/mol. The summed E-state index contributed by atoms with van der Waals surface area (Å²) in [6.45, 7) is 2.22. The fourth-order valence-electron chi connectivity index (χ4n) is 2.87. The Hall–Kier alpha value is -2.09. The number of nitrogen functional groups attached to an aromatic ring is 1. The van der Waals surface area contributed by atoms with E-state index >= 15 is 0 Å². The maximum Gasteiger partial charge on any atom is 0.104 e. The minimum absolute atomic E-state index is 0.140. The summed E-state index contributed by atoms with van der Waals surface area (Å²) in [7, 11) is 0. The summed E-state index contributed by atoms with van der Waals surface area (Å²) in [6.07, 6.45) is 3.66. The first-order chi connectivity index (χ1) is 11.3. The molecule has 0 unspecified atom stereocenters. The molecule has 1 aliphatic rings. The zero-order valence-electron chi connectivity index (χ0n) is 12.5. The normalized spacial score (nSPS) is 12.6. The highest BCUT2D eigenvalue weighted by molar-refractivity contribution is 8.00.